The van der Waals surface area contributed by atoms with Gasteiger partial charge in [-0.15, -0.1) is 0 Å². The van der Waals surface area contributed by atoms with E-state index < -0.39 is 35.6 Å². The molecular weight excluding hydrogens is 518 g/mol. The summed E-state index contributed by atoms with van der Waals surface area (Å²) < 4.78 is 10.6. The van der Waals surface area contributed by atoms with Gasteiger partial charge in [0, 0.05) is 18.2 Å². The Morgan fingerprint density at radius 2 is 1.56 bits per heavy atom. The molecule has 0 radical (unpaired) electrons. The van der Waals surface area contributed by atoms with Crippen LogP contribution in [0.25, 0.3) is 0 Å². The lowest BCUT2D eigenvalue weighted by Crippen LogP contribution is -2.51. The summed E-state index contributed by atoms with van der Waals surface area (Å²) in [6.07, 6.45) is 6.09. The lowest BCUT2D eigenvalue weighted by atomic mass is 9.99. The number of amides is 3. The lowest BCUT2D eigenvalue weighted by molar-refractivity contribution is -0.136. The molecule has 0 spiro atoms. The Bertz CT molecular complexity index is 1360. The number of anilines is 1. The fourth-order valence-corrected chi connectivity index (χ4v) is 4.17. The lowest BCUT2D eigenvalue weighted by Gasteiger charge is -2.30. The van der Waals surface area contributed by atoms with Crippen LogP contribution in [0.1, 0.15) is 50.4 Å². The Kier molecular flexibility index (Phi) is 10.5. The van der Waals surface area contributed by atoms with Crippen molar-refractivity contribution in [3.05, 3.63) is 95.6 Å². The van der Waals surface area contributed by atoms with Crippen molar-refractivity contribution in [3.8, 4) is 18.2 Å². The summed E-state index contributed by atoms with van der Waals surface area (Å²) >= 11 is 0. The van der Waals surface area contributed by atoms with E-state index in [-0.39, 0.29) is 6.42 Å². The number of nitrogens with zero attached hydrogens (tertiary/aromatic N) is 1. The molecule has 3 aromatic carbocycles. The third-order valence-electron chi connectivity index (χ3n) is 6.22. The highest BCUT2D eigenvalue weighted by molar-refractivity contribution is 5.99. The first-order valence-corrected chi connectivity index (χ1v) is 13.4. The van der Waals surface area contributed by atoms with Crippen molar-refractivity contribution in [2.24, 2.45) is 0 Å². The monoisotopic (exact) mass is 555 g/mol. The zero-order valence-electron chi connectivity index (χ0n) is 24.1. The second-order valence-corrected chi connectivity index (χ2v) is 10.4. The minimum absolute atomic E-state index is 0.138. The van der Waals surface area contributed by atoms with Gasteiger partial charge in [-0.1, -0.05) is 67.9 Å². The van der Waals surface area contributed by atoms with Crippen molar-refractivity contribution >= 4 is 23.6 Å². The van der Waals surface area contributed by atoms with E-state index in [0.29, 0.717) is 17.0 Å². The molecule has 8 nitrogen and oxygen atoms in total. The minimum Gasteiger partial charge on any atom is -0.497 e. The Labute approximate surface area is 242 Å². The van der Waals surface area contributed by atoms with Crippen LogP contribution in [0.4, 0.5) is 10.5 Å². The third-order valence-corrected chi connectivity index (χ3v) is 6.22. The molecule has 0 aliphatic heterocycles. The number of alkyl carbamates (subject to hydrolysis) is 1. The Morgan fingerprint density at radius 3 is 2.10 bits per heavy atom. The number of nitrogens with one attached hydrogen (secondary N) is 2. The van der Waals surface area contributed by atoms with Crippen molar-refractivity contribution in [2.45, 2.75) is 58.2 Å². The second kappa shape index (κ2) is 14.0. The van der Waals surface area contributed by atoms with Gasteiger partial charge in [-0.3, -0.25) is 14.5 Å². The minimum atomic E-state index is -1.18. The number of hydrogen-bond acceptors (Lipinski definition) is 5. The van der Waals surface area contributed by atoms with Crippen LogP contribution < -0.4 is 15.4 Å². The number of aryl methyl sites for hydroxylation is 1. The molecule has 214 valence electrons. The molecule has 0 saturated carbocycles. The number of ether oxygens (including phenoxy) is 2. The average Bonchev–Trinajstić information content (AvgIpc) is 2.95. The van der Waals surface area contributed by atoms with Crippen LogP contribution in [0.15, 0.2) is 78.9 Å². The Hall–Kier alpha value is -4.77. The summed E-state index contributed by atoms with van der Waals surface area (Å²) in [6, 6.07) is 23.5. The SMILES string of the molecule is C#CN(C(=O)C(Cc1ccccc1)NC(=O)OC(C)(C)C)C(C(=O)Nc1ccc(OC)cc1)c1ccc(CC)cc1. The smallest absolute Gasteiger partial charge is 0.408 e. The molecule has 2 atom stereocenters. The van der Waals surface area contributed by atoms with E-state index in [1.165, 1.54) is 0 Å². The van der Waals surface area contributed by atoms with Gasteiger partial charge in [0.2, 0.25) is 0 Å². The molecule has 0 bridgehead atoms. The highest BCUT2D eigenvalue weighted by Crippen LogP contribution is 2.26. The van der Waals surface area contributed by atoms with E-state index in [1.807, 2.05) is 49.4 Å². The molecule has 8 heteroatoms. The van der Waals surface area contributed by atoms with E-state index in [4.69, 9.17) is 15.9 Å². The summed E-state index contributed by atoms with van der Waals surface area (Å²) in [6.45, 7) is 7.21. The first-order valence-electron chi connectivity index (χ1n) is 13.4. The van der Waals surface area contributed by atoms with Gasteiger partial charge in [0.05, 0.1) is 7.11 Å². The van der Waals surface area contributed by atoms with Gasteiger partial charge in [0.25, 0.3) is 11.8 Å². The summed E-state index contributed by atoms with van der Waals surface area (Å²) in [7, 11) is 1.55. The molecule has 3 rings (SSSR count). The van der Waals surface area contributed by atoms with E-state index in [1.54, 1.807) is 64.3 Å². The number of methoxy groups -OCH3 is 1. The largest absolute Gasteiger partial charge is 0.497 e. The first kappa shape index (κ1) is 30.8. The summed E-state index contributed by atoms with van der Waals surface area (Å²) in [5.41, 5.74) is 2.11. The highest BCUT2D eigenvalue weighted by atomic mass is 16.6. The molecule has 0 aliphatic carbocycles. The molecule has 3 amide bonds. The summed E-state index contributed by atoms with van der Waals surface area (Å²) in [5, 5.41) is 5.52. The van der Waals surface area contributed by atoms with Crippen LogP contribution in [0.2, 0.25) is 0 Å². The van der Waals surface area contributed by atoms with Gasteiger partial charge in [-0.2, -0.15) is 0 Å². The summed E-state index contributed by atoms with van der Waals surface area (Å²) in [4.78, 5) is 41.6. The predicted molar refractivity (Wildman–Crippen MR) is 159 cm³/mol. The molecule has 41 heavy (non-hydrogen) atoms. The molecule has 3 aromatic rings. The van der Waals surface area contributed by atoms with Crippen LogP contribution in [-0.2, 0) is 27.2 Å². The van der Waals surface area contributed by atoms with E-state index >= 15 is 0 Å². The number of benzene rings is 3. The first-order chi connectivity index (χ1) is 19.5. The van der Waals surface area contributed by atoms with Gasteiger partial charge in [-0.25, -0.2) is 4.79 Å². The van der Waals surface area contributed by atoms with E-state index in [2.05, 4.69) is 16.7 Å². The van der Waals surface area contributed by atoms with Crippen LogP contribution in [0.3, 0.4) is 0 Å². The standard InChI is InChI=1S/C33H37N3O5/c1-7-23-14-16-25(17-15-23)29(30(37)34-26-18-20-27(40-6)21-19-26)36(8-2)31(38)28(22-24-12-10-9-11-13-24)35-32(39)41-33(3,4)5/h2,9-21,28-29H,7,22H2,1,3-6H3,(H,34,37)(H,35,39). The maximum Gasteiger partial charge on any atom is 0.408 e. The van der Waals surface area contributed by atoms with Crippen molar-refractivity contribution in [1.82, 2.24) is 10.2 Å². The average molecular weight is 556 g/mol. The number of rotatable bonds is 10. The third kappa shape index (κ3) is 8.87. The van der Waals surface area contributed by atoms with Crippen molar-refractivity contribution in [2.75, 3.05) is 12.4 Å². The second-order valence-electron chi connectivity index (χ2n) is 10.4. The normalized spacial score (nSPS) is 12.3. The Balaban J connectivity index is 1.99. The molecular formula is C33H37N3O5. The maximum absolute atomic E-state index is 14.1. The van der Waals surface area contributed by atoms with E-state index in [9.17, 15) is 14.4 Å². The number of hydrogen-bond donors (Lipinski definition) is 2. The maximum atomic E-state index is 14.1. The van der Waals surface area contributed by atoms with Crippen LogP contribution in [0, 0.1) is 12.5 Å². The molecule has 0 aromatic heterocycles. The van der Waals surface area contributed by atoms with Crippen LogP contribution >= 0.6 is 0 Å². The summed E-state index contributed by atoms with van der Waals surface area (Å²) in [5.74, 6) is -0.509. The number of terminal acetylenes is 1. The van der Waals surface area contributed by atoms with Gasteiger partial charge in [0.15, 0.2) is 0 Å². The molecule has 0 heterocycles. The zero-order valence-corrected chi connectivity index (χ0v) is 24.1. The molecule has 2 N–H and O–H groups in total. The van der Waals surface area contributed by atoms with Gasteiger partial charge in [0.1, 0.15) is 23.4 Å². The fraction of sp³-hybridized carbons (Fsp3) is 0.303. The van der Waals surface area contributed by atoms with Crippen LogP contribution in [0.5, 0.6) is 5.75 Å². The van der Waals surface area contributed by atoms with Crippen LogP contribution in [-0.4, -0.2) is 41.6 Å². The van der Waals surface area contributed by atoms with Gasteiger partial charge >= 0.3 is 6.09 Å². The predicted octanol–water partition coefficient (Wildman–Crippen LogP) is 5.49. The molecule has 0 saturated heterocycles. The van der Waals surface area contributed by atoms with Crippen molar-refractivity contribution < 1.29 is 23.9 Å². The van der Waals surface area contributed by atoms with Gasteiger partial charge < -0.3 is 20.1 Å². The highest BCUT2D eigenvalue weighted by Gasteiger charge is 2.36. The Morgan fingerprint density at radius 1 is 0.927 bits per heavy atom. The quantitative estimate of drug-likeness (QED) is 0.255. The molecule has 2 unspecified atom stereocenters. The van der Waals surface area contributed by atoms with E-state index in [0.717, 1.165) is 22.4 Å². The number of carbonyl (C=O) groups is 3. The van der Waals surface area contributed by atoms with Gasteiger partial charge in [-0.05, 0) is 68.1 Å². The fourth-order valence-electron chi connectivity index (χ4n) is 4.17. The molecule has 0 fully saturated rings. The molecule has 0 aliphatic rings. The van der Waals surface area contributed by atoms with Crippen molar-refractivity contribution in [3.63, 3.8) is 0 Å². The topological polar surface area (TPSA) is 97.0 Å². The van der Waals surface area contributed by atoms with Crippen molar-refractivity contribution in [1.29, 1.82) is 0 Å². The number of carbonyl (C=O) groups excluding carboxylic acids is 3. The zero-order chi connectivity index (χ0) is 30.0.